The van der Waals surface area contributed by atoms with Crippen molar-refractivity contribution in [3.63, 3.8) is 0 Å². The van der Waals surface area contributed by atoms with E-state index in [-0.39, 0.29) is 5.91 Å². The van der Waals surface area contributed by atoms with E-state index in [0.29, 0.717) is 16.5 Å². The van der Waals surface area contributed by atoms with Gasteiger partial charge in [-0.3, -0.25) is 19.7 Å². The van der Waals surface area contributed by atoms with Gasteiger partial charge >= 0.3 is 0 Å². The molecule has 0 radical (unpaired) electrons. The summed E-state index contributed by atoms with van der Waals surface area (Å²) in [5, 5.41) is 4.43. The standard InChI is InChI=1S/C15H11ClN2O4/c16-8-3-5-9(6-4-8)18-12(10-2-1-7-21-10)11-13(22-18)15(20)17-14(11)19/h1-7,11-13H,(H,17,19,20)/t11-,12-,13-/m1/s1. The van der Waals surface area contributed by atoms with E-state index in [1.54, 1.807) is 41.5 Å². The van der Waals surface area contributed by atoms with Gasteiger partial charge in [0.15, 0.2) is 6.10 Å². The Balaban J connectivity index is 1.78. The zero-order valence-corrected chi connectivity index (χ0v) is 12.0. The Labute approximate surface area is 130 Å². The molecule has 2 saturated heterocycles. The molecule has 112 valence electrons. The van der Waals surface area contributed by atoms with Gasteiger partial charge in [0.05, 0.1) is 12.0 Å². The fourth-order valence-electron chi connectivity index (χ4n) is 2.89. The molecule has 1 N–H and O–H groups in total. The van der Waals surface area contributed by atoms with E-state index >= 15 is 0 Å². The van der Waals surface area contributed by atoms with Gasteiger partial charge in [0, 0.05) is 5.02 Å². The first-order chi connectivity index (χ1) is 10.6. The highest BCUT2D eigenvalue weighted by Gasteiger charge is 2.57. The van der Waals surface area contributed by atoms with Gasteiger partial charge in [0.2, 0.25) is 5.91 Å². The SMILES string of the molecule is O=C1NC(=O)[C@@H]2ON(c3ccc(Cl)cc3)[C@H](c3ccco3)[C@@H]12. The lowest BCUT2D eigenvalue weighted by molar-refractivity contribution is -0.129. The molecular weight excluding hydrogens is 308 g/mol. The molecular formula is C15H11ClN2O4. The molecule has 3 atom stereocenters. The Kier molecular flexibility index (Phi) is 2.95. The van der Waals surface area contributed by atoms with Crippen LogP contribution in [0.25, 0.3) is 0 Å². The summed E-state index contributed by atoms with van der Waals surface area (Å²) in [5.41, 5.74) is 0.695. The van der Waals surface area contributed by atoms with E-state index in [2.05, 4.69) is 5.32 Å². The van der Waals surface area contributed by atoms with Crippen molar-refractivity contribution >= 4 is 29.1 Å². The number of benzene rings is 1. The zero-order chi connectivity index (χ0) is 15.3. The summed E-state index contributed by atoms with van der Waals surface area (Å²) in [4.78, 5) is 29.7. The highest BCUT2D eigenvalue weighted by Crippen LogP contribution is 2.44. The van der Waals surface area contributed by atoms with Crippen LogP contribution in [0.15, 0.2) is 47.1 Å². The predicted molar refractivity (Wildman–Crippen MR) is 76.9 cm³/mol. The van der Waals surface area contributed by atoms with Crippen molar-refractivity contribution in [1.29, 1.82) is 0 Å². The summed E-state index contributed by atoms with van der Waals surface area (Å²) in [5.74, 6) is -0.863. The number of furan rings is 1. The molecule has 0 unspecified atom stereocenters. The monoisotopic (exact) mass is 318 g/mol. The Hall–Kier alpha value is -2.31. The molecule has 3 heterocycles. The third-order valence-corrected chi connectivity index (χ3v) is 4.12. The number of amides is 2. The van der Waals surface area contributed by atoms with Crippen LogP contribution in [0.1, 0.15) is 11.8 Å². The molecule has 6 nitrogen and oxygen atoms in total. The zero-order valence-electron chi connectivity index (χ0n) is 11.2. The molecule has 1 aromatic heterocycles. The summed E-state index contributed by atoms with van der Waals surface area (Å²) in [6, 6.07) is 9.95. The number of carbonyl (C=O) groups excluding carboxylic acids is 2. The number of nitrogens with one attached hydrogen (secondary N) is 1. The quantitative estimate of drug-likeness (QED) is 0.858. The molecule has 0 aliphatic carbocycles. The number of imide groups is 1. The molecule has 2 fully saturated rings. The molecule has 2 amide bonds. The van der Waals surface area contributed by atoms with Crippen LogP contribution in [0.2, 0.25) is 5.02 Å². The van der Waals surface area contributed by atoms with Gasteiger partial charge < -0.3 is 4.42 Å². The molecule has 0 spiro atoms. The maximum atomic E-state index is 12.1. The molecule has 0 bridgehead atoms. The Morgan fingerprint density at radius 3 is 2.55 bits per heavy atom. The van der Waals surface area contributed by atoms with Gasteiger partial charge in [-0.1, -0.05) is 11.6 Å². The summed E-state index contributed by atoms with van der Waals surface area (Å²) in [6.07, 6.45) is 0.676. The predicted octanol–water partition coefficient (Wildman–Crippen LogP) is 2.07. The molecule has 0 saturated carbocycles. The van der Waals surface area contributed by atoms with E-state index in [9.17, 15) is 9.59 Å². The van der Waals surface area contributed by atoms with Crippen LogP contribution in [0.3, 0.4) is 0 Å². The van der Waals surface area contributed by atoms with Crippen LogP contribution in [-0.2, 0) is 14.4 Å². The first-order valence-corrected chi connectivity index (χ1v) is 7.12. The number of carbonyl (C=O) groups is 2. The third-order valence-electron chi connectivity index (χ3n) is 3.87. The average Bonchev–Trinajstić information content (AvgIpc) is 3.19. The van der Waals surface area contributed by atoms with E-state index in [0.717, 1.165) is 0 Å². The third kappa shape index (κ3) is 1.92. The highest BCUT2D eigenvalue weighted by molar-refractivity contribution is 6.30. The lowest BCUT2D eigenvalue weighted by atomic mass is 9.94. The minimum atomic E-state index is -0.849. The topological polar surface area (TPSA) is 71.8 Å². The van der Waals surface area contributed by atoms with Crippen molar-refractivity contribution in [3.8, 4) is 0 Å². The van der Waals surface area contributed by atoms with Crippen molar-refractivity contribution in [2.45, 2.75) is 12.1 Å². The molecule has 7 heteroatoms. The Morgan fingerprint density at radius 2 is 1.86 bits per heavy atom. The second kappa shape index (κ2) is 4.86. The van der Waals surface area contributed by atoms with Crippen molar-refractivity contribution in [1.82, 2.24) is 5.32 Å². The van der Waals surface area contributed by atoms with Gasteiger partial charge in [-0.15, -0.1) is 0 Å². The van der Waals surface area contributed by atoms with Crippen molar-refractivity contribution in [3.05, 3.63) is 53.4 Å². The van der Waals surface area contributed by atoms with Crippen LogP contribution in [0.4, 0.5) is 5.69 Å². The largest absolute Gasteiger partial charge is 0.467 e. The number of anilines is 1. The smallest absolute Gasteiger partial charge is 0.259 e. The average molecular weight is 319 g/mol. The maximum absolute atomic E-state index is 12.1. The van der Waals surface area contributed by atoms with Crippen molar-refractivity contribution < 1.29 is 18.8 Å². The fourth-order valence-corrected chi connectivity index (χ4v) is 3.02. The molecule has 4 rings (SSSR count). The normalized spacial score (nSPS) is 27.1. The van der Waals surface area contributed by atoms with E-state index in [1.807, 2.05) is 0 Å². The minimum Gasteiger partial charge on any atom is -0.467 e. The molecule has 2 aromatic rings. The first-order valence-electron chi connectivity index (χ1n) is 6.75. The number of halogens is 1. The summed E-state index contributed by atoms with van der Waals surface area (Å²) in [7, 11) is 0. The molecule has 1 aromatic carbocycles. The van der Waals surface area contributed by atoms with Crippen molar-refractivity contribution in [2.75, 3.05) is 5.06 Å². The number of rotatable bonds is 2. The van der Waals surface area contributed by atoms with Gasteiger partial charge in [-0.25, -0.2) is 5.06 Å². The van der Waals surface area contributed by atoms with E-state index in [1.165, 1.54) is 6.26 Å². The molecule has 2 aliphatic heterocycles. The van der Waals surface area contributed by atoms with Crippen LogP contribution in [-0.4, -0.2) is 17.9 Å². The van der Waals surface area contributed by atoms with Crippen LogP contribution < -0.4 is 10.4 Å². The van der Waals surface area contributed by atoms with Crippen LogP contribution in [0.5, 0.6) is 0 Å². The molecule has 22 heavy (non-hydrogen) atoms. The number of hydroxylamine groups is 1. The van der Waals surface area contributed by atoms with Crippen molar-refractivity contribution in [2.24, 2.45) is 5.92 Å². The molecule has 2 aliphatic rings. The number of fused-ring (bicyclic) bond motifs is 1. The lowest BCUT2D eigenvalue weighted by Crippen LogP contribution is -2.33. The van der Waals surface area contributed by atoms with Gasteiger partial charge in [-0.2, -0.15) is 0 Å². The van der Waals surface area contributed by atoms with Crippen LogP contribution >= 0.6 is 11.6 Å². The maximum Gasteiger partial charge on any atom is 0.259 e. The van der Waals surface area contributed by atoms with E-state index < -0.39 is 24.0 Å². The number of hydrogen-bond acceptors (Lipinski definition) is 5. The lowest BCUT2D eigenvalue weighted by Gasteiger charge is -2.25. The minimum absolute atomic E-state index is 0.354. The highest BCUT2D eigenvalue weighted by atomic mass is 35.5. The number of hydrogen-bond donors (Lipinski definition) is 1. The Morgan fingerprint density at radius 1 is 1.09 bits per heavy atom. The summed E-state index contributed by atoms with van der Waals surface area (Å²) < 4.78 is 5.45. The van der Waals surface area contributed by atoms with Gasteiger partial charge in [0.25, 0.3) is 5.91 Å². The summed E-state index contributed by atoms with van der Waals surface area (Å²) in [6.45, 7) is 0. The Bertz CT molecular complexity index is 729. The van der Waals surface area contributed by atoms with Crippen LogP contribution in [0, 0.1) is 5.92 Å². The summed E-state index contributed by atoms with van der Waals surface area (Å²) >= 11 is 5.90. The van der Waals surface area contributed by atoms with E-state index in [4.69, 9.17) is 20.9 Å². The second-order valence-electron chi connectivity index (χ2n) is 5.17. The first kappa shape index (κ1) is 13.4. The second-order valence-corrected chi connectivity index (χ2v) is 5.60. The number of nitrogens with zero attached hydrogens (tertiary/aromatic N) is 1. The fraction of sp³-hybridized carbons (Fsp3) is 0.200. The van der Waals surface area contributed by atoms with Gasteiger partial charge in [-0.05, 0) is 36.4 Å². The van der Waals surface area contributed by atoms with Gasteiger partial charge in [0.1, 0.15) is 17.7 Å².